The van der Waals surface area contributed by atoms with Crippen LogP contribution in [0.3, 0.4) is 0 Å². The predicted molar refractivity (Wildman–Crippen MR) is 91.2 cm³/mol. The van der Waals surface area contributed by atoms with Gasteiger partial charge in [-0.05, 0) is 58.6 Å². The lowest BCUT2D eigenvalue weighted by Gasteiger charge is -2.47. The van der Waals surface area contributed by atoms with Gasteiger partial charge in [-0.25, -0.2) is 0 Å². The number of rotatable bonds is 2. The van der Waals surface area contributed by atoms with Gasteiger partial charge in [-0.15, -0.1) is 0 Å². The maximum Gasteiger partial charge on any atom is 0.228 e. The largest absolute Gasteiger partial charge is 0.342 e. The molecule has 2 fully saturated rings. The third-order valence-corrected chi connectivity index (χ3v) is 5.51. The SMILES string of the molecule is CN1CCCN(C)C2(CCN(C(=O)Cc3ccccn3)CC2)C1. The van der Waals surface area contributed by atoms with E-state index < -0.39 is 0 Å². The summed E-state index contributed by atoms with van der Waals surface area (Å²) in [5.74, 6) is 0.211. The van der Waals surface area contributed by atoms with E-state index >= 15 is 0 Å². The standard InChI is InChI=1S/C18H28N4O/c1-20-10-5-11-21(2)18(15-20)7-12-22(13-8-18)17(23)14-16-6-3-4-9-19-16/h3-4,6,9H,5,7-8,10-15H2,1-2H3. The molecular weight excluding hydrogens is 288 g/mol. The van der Waals surface area contributed by atoms with Gasteiger partial charge in [0.15, 0.2) is 0 Å². The van der Waals surface area contributed by atoms with Gasteiger partial charge >= 0.3 is 0 Å². The number of likely N-dealkylation sites (N-methyl/N-ethyl adjacent to an activating group) is 2. The molecule has 3 rings (SSSR count). The molecule has 0 aliphatic carbocycles. The number of likely N-dealkylation sites (tertiary alicyclic amines) is 1. The zero-order chi connectivity index (χ0) is 16.3. The summed E-state index contributed by atoms with van der Waals surface area (Å²) in [6, 6.07) is 5.76. The Morgan fingerprint density at radius 1 is 1.17 bits per heavy atom. The van der Waals surface area contributed by atoms with Crippen LogP contribution in [-0.4, -0.2) is 77.9 Å². The fraction of sp³-hybridized carbons (Fsp3) is 0.667. The third-order valence-electron chi connectivity index (χ3n) is 5.51. The van der Waals surface area contributed by atoms with Gasteiger partial charge in [0.25, 0.3) is 0 Å². The van der Waals surface area contributed by atoms with Crippen molar-refractivity contribution >= 4 is 5.91 Å². The van der Waals surface area contributed by atoms with E-state index in [4.69, 9.17) is 0 Å². The first-order valence-electron chi connectivity index (χ1n) is 8.67. The highest BCUT2D eigenvalue weighted by Gasteiger charge is 2.40. The first kappa shape index (κ1) is 16.4. The Bertz CT molecular complexity index is 525. The van der Waals surface area contributed by atoms with Crippen molar-refractivity contribution in [1.29, 1.82) is 0 Å². The van der Waals surface area contributed by atoms with Gasteiger partial charge in [0.2, 0.25) is 5.91 Å². The fourth-order valence-corrected chi connectivity index (χ4v) is 4.00. The van der Waals surface area contributed by atoms with Crippen molar-refractivity contribution in [2.75, 3.05) is 46.8 Å². The van der Waals surface area contributed by atoms with Crippen LogP contribution >= 0.6 is 0 Å². The maximum atomic E-state index is 12.5. The van der Waals surface area contributed by atoms with Crippen molar-refractivity contribution in [2.45, 2.75) is 31.2 Å². The molecule has 2 aliphatic rings. The summed E-state index contributed by atoms with van der Waals surface area (Å²) in [6.07, 6.45) is 5.55. The number of amides is 1. The van der Waals surface area contributed by atoms with Crippen LogP contribution in [0.15, 0.2) is 24.4 Å². The lowest BCUT2D eigenvalue weighted by atomic mass is 9.85. The van der Waals surface area contributed by atoms with Gasteiger partial charge in [-0.1, -0.05) is 6.07 Å². The Hall–Kier alpha value is -1.46. The van der Waals surface area contributed by atoms with E-state index in [1.165, 1.54) is 13.0 Å². The van der Waals surface area contributed by atoms with Crippen LogP contribution in [0.2, 0.25) is 0 Å². The summed E-state index contributed by atoms with van der Waals surface area (Å²) in [7, 11) is 4.48. The molecule has 1 amide bonds. The second kappa shape index (κ2) is 6.97. The molecule has 1 aromatic rings. The van der Waals surface area contributed by atoms with Crippen LogP contribution in [-0.2, 0) is 11.2 Å². The highest BCUT2D eigenvalue weighted by atomic mass is 16.2. The van der Waals surface area contributed by atoms with Crippen molar-refractivity contribution in [3.8, 4) is 0 Å². The maximum absolute atomic E-state index is 12.5. The summed E-state index contributed by atoms with van der Waals surface area (Å²) >= 11 is 0. The molecule has 1 aromatic heterocycles. The molecule has 0 unspecified atom stereocenters. The third kappa shape index (κ3) is 3.72. The quantitative estimate of drug-likeness (QED) is 0.823. The fourth-order valence-electron chi connectivity index (χ4n) is 4.00. The second-order valence-electron chi connectivity index (χ2n) is 7.12. The molecule has 0 atom stereocenters. The van der Waals surface area contributed by atoms with Crippen LogP contribution < -0.4 is 0 Å². The molecule has 0 radical (unpaired) electrons. The Morgan fingerprint density at radius 3 is 2.65 bits per heavy atom. The average Bonchev–Trinajstić information content (AvgIpc) is 2.68. The number of carbonyl (C=O) groups excluding carboxylic acids is 1. The molecule has 2 saturated heterocycles. The Balaban J connectivity index is 1.60. The van der Waals surface area contributed by atoms with Gasteiger partial charge in [-0.3, -0.25) is 14.7 Å². The summed E-state index contributed by atoms with van der Waals surface area (Å²) in [6.45, 7) is 5.18. The molecular formula is C18H28N4O. The van der Waals surface area contributed by atoms with Crippen molar-refractivity contribution in [2.24, 2.45) is 0 Å². The van der Waals surface area contributed by atoms with E-state index in [0.29, 0.717) is 6.42 Å². The van der Waals surface area contributed by atoms with Crippen molar-refractivity contribution < 1.29 is 4.79 Å². The molecule has 0 N–H and O–H groups in total. The van der Waals surface area contributed by atoms with Crippen LogP contribution in [0.1, 0.15) is 25.0 Å². The van der Waals surface area contributed by atoms with E-state index in [2.05, 4.69) is 28.9 Å². The summed E-state index contributed by atoms with van der Waals surface area (Å²) in [5.41, 5.74) is 1.11. The lowest BCUT2D eigenvalue weighted by molar-refractivity contribution is -0.133. The van der Waals surface area contributed by atoms with Crippen LogP contribution in [0.4, 0.5) is 0 Å². The number of carbonyl (C=O) groups is 1. The first-order chi connectivity index (χ1) is 11.1. The number of hydrogen-bond donors (Lipinski definition) is 0. The normalized spacial score (nSPS) is 23.0. The lowest BCUT2D eigenvalue weighted by Crippen LogP contribution is -2.58. The van der Waals surface area contributed by atoms with E-state index in [1.807, 2.05) is 23.1 Å². The molecule has 0 bridgehead atoms. The van der Waals surface area contributed by atoms with Gasteiger partial charge in [0.05, 0.1) is 6.42 Å². The molecule has 126 valence electrons. The average molecular weight is 316 g/mol. The first-order valence-corrected chi connectivity index (χ1v) is 8.67. The molecule has 5 heteroatoms. The predicted octanol–water partition coefficient (Wildman–Crippen LogP) is 1.25. The van der Waals surface area contributed by atoms with Gasteiger partial charge in [0.1, 0.15) is 0 Å². The van der Waals surface area contributed by atoms with Crippen molar-refractivity contribution in [3.05, 3.63) is 30.1 Å². The van der Waals surface area contributed by atoms with Crippen LogP contribution in [0, 0.1) is 0 Å². The monoisotopic (exact) mass is 316 g/mol. The van der Waals surface area contributed by atoms with Gasteiger partial charge in [0, 0.05) is 37.1 Å². The number of piperidine rings is 1. The van der Waals surface area contributed by atoms with E-state index in [-0.39, 0.29) is 11.4 Å². The minimum atomic E-state index is 0.211. The smallest absolute Gasteiger partial charge is 0.228 e. The highest BCUT2D eigenvalue weighted by Crippen LogP contribution is 2.31. The highest BCUT2D eigenvalue weighted by molar-refractivity contribution is 5.78. The minimum absolute atomic E-state index is 0.211. The summed E-state index contributed by atoms with van der Waals surface area (Å²) < 4.78 is 0. The van der Waals surface area contributed by atoms with E-state index in [1.54, 1.807) is 6.20 Å². The molecule has 5 nitrogen and oxygen atoms in total. The molecule has 23 heavy (non-hydrogen) atoms. The number of aromatic nitrogens is 1. The Labute approximate surface area is 139 Å². The zero-order valence-electron chi connectivity index (χ0n) is 14.4. The minimum Gasteiger partial charge on any atom is -0.342 e. The van der Waals surface area contributed by atoms with Crippen LogP contribution in [0.5, 0.6) is 0 Å². The topological polar surface area (TPSA) is 39.7 Å². The van der Waals surface area contributed by atoms with E-state index in [0.717, 1.165) is 44.7 Å². The number of pyridine rings is 1. The zero-order valence-corrected chi connectivity index (χ0v) is 14.4. The van der Waals surface area contributed by atoms with Gasteiger partial charge < -0.3 is 9.80 Å². The van der Waals surface area contributed by atoms with Crippen molar-refractivity contribution in [3.63, 3.8) is 0 Å². The van der Waals surface area contributed by atoms with Crippen LogP contribution in [0.25, 0.3) is 0 Å². The van der Waals surface area contributed by atoms with Gasteiger partial charge in [-0.2, -0.15) is 0 Å². The molecule has 2 aliphatic heterocycles. The Morgan fingerprint density at radius 2 is 1.96 bits per heavy atom. The molecule has 3 heterocycles. The molecule has 1 spiro atoms. The molecule has 0 saturated carbocycles. The van der Waals surface area contributed by atoms with Crippen molar-refractivity contribution in [1.82, 2.24) is 19.7 Å². The van der Waals surface area contributed by atoms with E-state index in [9.17, 15) is 4.79 Å². The second-order valence-corrected chi connectivity index (χ2v) is 7.12. The number of hydrogen-bond acceptors (Lipinski definition) is 4. The molecule has 0 aromatic carbocycles. The summed E-state index contributed by atoms with van der Waals surface area (Å²) in [5, 5.41) is 0. The summed E-state index contributed by atoms with van der Waals surface area (Å²) in [4.78, 5) is 23.8. The number of nitrogens with zero attached hydrogens (tertiary/aromatic N) is 4. The Kier molecular flexibility index (Phi) is 4.97.